The van der Waals surface area contributed by atoms with E-state index in [-0.39, 0.29) is 6.10 Å². The Labute approximate surface area is 94.5 Å². The fourth-order valence-electron chi connectivity index (χ4n) is 2.06. The number of nitrogens with zero attached hydrogens (tertiary/aromatic N) is 1. The molecule has 2 N–H and O–H groups in total. The van der Waals surface area contributed by atoms with Crippen LogP contribution in [0.4, 0.5) is 0 Å². The van der Waals surface area contributed by atoms with Gasteiger partial charge in [-0.1, -0.05) is 0 Å². The first kappa shape index (κ1) is 11.0. The second kappa shape index (κ2) is 5.05. The Morgan fingerprint density at radius 3 is 2.93 bits per heavy atom. The van der Waals surface area contributed by atoms with E-state index in [1.54, 1.807) is 11.3 Å². The van der Waals surface area contributed by atoms with Crippen LogP contribution in [0, 0.1) is 12.8 Å². The van der Waals surface area contributed by atoms with E-state index >= 15 is 0 Å². The number of hydrogen-bond acceptors (Lipinski definition) is 4. The highest BCUT2D eigenvalue weighted by Gasteiger charge is 2.19. The molecule has 2 heterocycles. The summed E-state index contributed by atoms with van der Waals surface area (Å²) in [7, 11) is 0. The molecule has 0 aromatic carbocycles. The van der Waals surface area contributed by atoms with Crippen molar-refractivity contribution < 1.29 is 5.11 Å². The molecule has 1 aliphatic rings. The average Bonchev–Trinajstić information content (AvgIpc) is 2.66. The number of aliphatic hydroxyl groups is 1. The van der Waals surface area contributed by atoms with E-state index in [4.69, 9.17) is 0 Å². The van der Waals surface area contributed by atoms with Gasteiger partial charge in [0.25, 0.3) is 0 Å². The number of aliphatic hydroxyl groups excluding tert-OH is 1. The number of hydrogen-bond donors (Lipinski definition) is 2. The Morgan fingerprint density at radius 1 is 1.60 bits per heavy atom. The maximum atomic E-state index is 10.0. The second-order valence-corrected chi connectivity index (χ2v) is 5.52. The van der Waals surface area contributed by atoms with E-state index in [1.165, 1.54) is 17.7 Å². The third kappa shape index (κ3) is 3.00. The van der Waals surface area contributed by atoms with Gasteiger partial charge in [0.15, 0.2) is 0 Å². The molecule has 0 aliphatic carbocycles. The molecular formula is C11H18N2OS. The van der Waals surface area contributed by atoms with Crippen LogP contribution in [-0.4, -0.2) is 23.2 Å². The molecule has 0 saturated carbocycles. The predicted octanol–water partition coefficient (Wildman–Crippen LogP) is 1.87. The molecule has 1 aliphatic heterocycles. The zero-order valence-electron chi connectivity index (χ0n) is 9.07. The van der Waals surface area contributed by atoms with Crippen molar-refractivity contribution in [1.29, 1.82) is 0 Å². The van der Waals surface area contributed by atoms with Gasteiger partial charge in [-0.25, -0.2) is 4.98 Å². The quantitative estimate of drug-likeness (QED) is 0.827. The normalized spacial score (nSPS) is 20.4. The van der Waals surface area contributed by atoms with Crippen molar-refractivity contribution >= 4 is 11.3 Å². The SMILES string of the molecule is Cc1cnc(C(O)CC2CCNCC2)s1. The minimum atomic E-state index is -0.355. The van der Waals surface area contributed by atoms with Crippen LogP contribution in [0.2, 0.25) is 0 Å². The summed E-state index contributed by atoms with van der Waals surface area (Å²) in [6.07, 6.45) is 4.72. The van der Waals surface area contributed by atoms with E-state index < -0.39 is 0 Å². The average molecular weight is 226 g/mol. The van der Waals surface area contributed by atoms with Crippen LogP contribution in [0.1, 0.15) is 35.3 Å². The van der Waals surface area contributed by atoms with Crippen LogP contribution in [-0.2, 0) is 0 Å². The standard InChI is InChI=1S/C11H18N2OS/c1-8-7-13-11(15-8)10(14)6-9-2-4-12-5-3-9/h7,9-10,12,14H,2-6H2,1H3. The molecule has 1 aromatic rings. The van der Waals surface area contributed by atoms with Crippen molar-refractivity contribution in [3.63, 3.8) is 0 Å². The summed E-state index contributed by atoms with van der Waals surface area (Å²) in [5.41, 5.74) is 0. The Hall–Kier alpha value is -0.450. The minimum Gasteiger partial charge on any atom is -0.386 e. The summed E-state index contributed by atoms with van der Waals surface area (Å²) in [6, 6.07) is 0. The molecule has 1 aromatic heterocycles. The summed E-state index contributed by atoms with van der Waals surface area (Å²) in [5, 5.41) is 14.2. The molecule has 1 unspecified atom stereocenters. The summed E-state index contributed by atoms with van der Waals surface area (Å²) in [4.78, 5) is 5.41. The smallest absolute Gasteiger partial charge is 0.121 e. The maximum absolute atomic E-state index is 10.0. The number of nitrogens with one attached hydrogen (secondary N) is 1. The lowest BCUT2D eigenvalue weighted by Crippen LogP contribution is -2.28. The monoisotopic (exact) mass is 226 g/mol. The Bertz CT molecular complexity index is 307. The van der Waals surface area contributed by atoms with Gasteiger partial charge in [-0.15, -0.1) is 11.3 Å². The number of piperidine rings is 1. The fourth-order valence-corrected chi connectivity index (χ4v) is 2.83. The zero-order valence-corrected chi connectivity index (χ0v) is 9.89. The van der Waals surface area contributed by atoms with Gasteiger partial charge in [0.2, 0.25) is 0 Å². The Balaban J connectivity index is 1.88. The molecule has 0 spiro atoms. The van der Waals surface area contributed by atoms with E-state index in [0.29, 0.717) is 5.92 Å². The molecule has 1 fully saturated rings. The molecular weight excluding hydrogens is 208 g/mol. The van der Waals surface area contributed by atoms with Crippen LogP contribution >= 0.6 is 11.3 Å². The molecule has 0 amide bonds. The van der Waals surface area contributed by atoms with Crippen LogP contribution in [0.3, 0.4) is 0 Å². The molecule has 4 heteroatoms. The summed E-state index contributed by atoms with van der Waals surface area (Å²) < 4.78 is 0. The highest BCUT2D eigenvalue weighted by atomic mass is 32.1. The number of aromatic nitrogens is 1. The molecule has 2 rings (SSSR count). The lowest BCUT2D eigenvalue weighted by molar-refractivity contribution is 0.133. The Kier molecular flexibility index (Phi) is 3.72. The van der Waals surface area contributed by atoms with Crippen molar-refractivity contribution in [3.05, 3.63) is 16.1 Å². The number of aryl methyl sites for hydroxylation is 1. The van der Waals surface area contributed by atoms with E-state index in [9.17, 15) is 5.11 Å². The largest absolute Gasteiger partial charge is 0.386 e. The highest BCUT2D eigenvalue weighted by Crippen LogP contribution is 2.28. The van der Waals surface area contributed by atoms with Crippen molar-refractivity contribution in [2.24, 2.45) is 5.92 Å². The highest BCUT2D eigenvalue weighted by molar-refractivity contribution is 7.11. The predicted molar refractivity (Wildman–Crippen MR) is 62.0 cm³/mol. The molecule has 84 valence electrons. The summed E-state index contributed by atoms with van der Waals surface area (Å²) >= 11 is 1.61. The van der Waals surface area contributed by atoms with Crippen LogP contribution < -0.4 is 5.32 Å². The van der Waals surface area contributed by atoms with E-state index in [0.717, 1.165) is 24.5 Å². The van der Waals surface area contributed by atoms with Crippen molar-refractivity contribution in [2.75, 3.05) is 13.1 Å². The first-order valence-electron chi connectivity index (χ1n) is 5.57. The molecule has 3 nitrogen and oxygen atoms in total. The lowest BCUT2D eigenvalue weighted by atomic mass is 9.92. The van der Waals surface area contributed by atoms with Gasteiger partial charge in [-0.05, 0) is 45.2 Å². The van der Waals surface area contributed by atoms with Gasteiger partial charge in [-0.3, -0.25) is 0 Å². The summed E-state index contributed by atoms with van der Waals surface area (Å²) in [5.74, 6) is 0.658. The number of thiazole rings is 1. The third-order valence-electron chi connectivity index (χ3n) is 2.94. The van der Waals surface area contributed by atoms with Gasteiger partial charge in [-0.2, -0.15) is 0 Å². The molecule has 15 heavy (non-hydrogen) atoms. The maximum Gasteiger partial charge on any atom is 0.121 e. The summed E-state index contributed by atoms with van der Waals surface area (Å²) in [6.45, 7) is 4.21. The van der Waals surface area contributed by atoms with Crippen LogP contribution in [0.25, 0.3) is 0 Å². The van der Waals surface area contributed by atoms with Gasteiger partial charge in [0.05, 0.1) is 0 Å². The molecule has 0 radical (unpaired) electrons. The first-order chi connectivity index (χ1) is 7.25. The van der Waals surface area contributed by atoms with Gasteiger partial charge in [0.1, 0.15) is 11.1 Å². The van der Waals surface area contributed by atoms with E-state index in [2.05, 4.69) is 10.3 Å². The Morgan fingerprint density at radius 2 is 2.33 bits per heavy atom. The zero-order chi connectivity index (χ0) is 10.7. The van der Waals surface area contributed by atoms with Crippen molar-refractivity contribution in [2.45, 2.75) is 32.3 Å². The van der Waals surface area contributed by atoms with Crippen LogP contribution in [0.15, 0.2) is 6.20 Å². The molecule has 1 saturated heterocycles. The van der Waals surface area contributed by atoms with Gasteiger partial charge in [0, 0.05) is 11.1 Å². The van der Waals surface area contributed by atoms with Crippen molar-refractivity contribution in [1.82, 2.24) is 10.3 Å². The second-order valence-electron chi connectivity index (χ2n) is 4.25. The van der Waals surface area contributed by atoms with Crippen molar-refractivity contribution in [3.8, 4) is 0 Å². The fraction of sp³-hybridized carbons (Fsp3) is 0.727. The minimum absolute atomic E-state index is 0.355. The van der Waals surface area contributed by atoms with E-state index in [1.807, 2.05) is 13.1 Å². The molecule has 1 atom stereocenters. The van der Waals surface area contributed by atoms with Gasteiger partial charge < -0.3 is 10.4 Å². The first-order valence-corrected chi connectivity index (χ1v) is 6.38. The third-order valence-corrected chi connectivity index (χ3v) is 3.95. The van der Waals surface area contributed by atoms with Crippen LogP contribution in [0.5, 0.6) is 0 Å². The lowest BCUT2D eigenvalue weighted by Gasteiger charge is -2.23. The molecule has 0 bridgehead atoms. The van der Waals surface area contributed by atoms with Gasteiger partial charge >= 0.3 is 0 Å². The number of rotatable bonds is 3. The topological polar surface area (TPSA) is 45.2 Å².